The number of rotatable bonds is 4. The van der Waals surface area contributed by atoms with Crippen LogP contribution in [0.15, 0.2) is 22.6 Å². The Bertz CT molecular complexity index is 946. The molecule has 1 atom stereocenters. The lowest BCUT2D eigenvalue weighted by Gasteiger charge is -2.36. The number of methoxy groups -OCH3 is 1. The van der Waals surface area contributed by atoms with Crippen LogP contribution in [-0.2, 0) is 9.53 Å². The van der Waals surface area contributed by atoms with Gasteiger partial charge in [-0.1, -0.05) is 11.6 Å². The number of likely N-dealkylation sites (tertiary alicyclic amines) is 1. The van der Waals surface area contributed by atoms with E-state index >= 15 is 0 Å². The summed E-state index contributed by atoms with van der Waals surface area (Å²) in [6, 6.07) is 5.08. The van der Waals surface area contributed by atoms with Gasteiger partial charge in [-0.05, 0) is 39.1 Å². The number of furan rings is 1. The van der Waals surface area contributed by atoms with E-state index in [1.54, 1.807) is 23.1 Å². The summed E-state index contributed by atoms with van der Waals surface area (Å²) < 4.78 is 16.7. The van der Waals surface area contributed by atoms with Gasteiger partial charge in [0, 0.05) is 42.5 Å². The first-order chi connectivity index (χ1) is 13.8. The summed E-state index contributed by atoms with van der Waals surface area (Å²) in [6.07, 6.45) is 1.85. The number of carbonyl (C=O) groups excluding carboxylic acids is 2. The molecule has 1 amide bonds. The highest BCUT2D eigenvalue weighted by atomic mass is 35.5. The number of likely N-dealkylation sites (N-methyl/N-ethyl adjacent to an activating group) is 1. The zero-order chi connectivity index (χ0) is 20.8. The van der Waals surface area contributed by atoms with Gasteiger partial charge in [0.15, 0.2) is 17.1 Å². The second-order valence-electron chi connectivity index (χ2n) is 8.20. The molecule has 0 saturated carbocycles. The Morgan fingerprint density at radius 3 is 2.69 bits per heavy atom. The van der Waals surface area contributed by atoms with Crippen LogP contribution in [0.4, 0.5) is 0 Å². The Morgan fingerprint density at radius 2 is 2.03 bits per heavy atom. The van der Waals surface area contributed by atoms with Crippen molar-refractivity contribution >= 4 is 34.4 Å². The molecule has 0 radical (unpaired) electrons. The van der Waals surface area contributed by atoms with E-state index in [0.29, 0.717) is 48.7 Å². The third-order valence-electron chi connectivity index (χ3n) is 5.88. The van der Waals surface area contributed by atoms with Crippen molar-refractivity contribution in [1.29, 1.82) is 0 Å². The summed E-state index contributed by atoms with van der Waals surface area (Å²) >= 11 is 6.10. The zero-order valence-corrected chi connectivity index (χ0v) is 17.6. The average molecular weight is 421 g/mol. The summed E-state index contributed by atoms with van der Waals surface area (Å²) in [6.45, 7) is 1.72. The lowest BCUT2D eigenvalue weighted by Crippen LogP contribution is -2.45. The highest BCUT2D eigenvalue weighted by molar-refractivity contribution is 6.31. The summed E-state index contributed by atoms with van der Waals surface area (Å²) in [5.74, 6) is 0.422. The number of carbonyl (C=O) groups is 2. The van der Waals surface area contributed by atoms with E-state index in [1.165, 1.54) is 7.11 Å². The average Bonchev–Trinajstić information content (AvgIpc) is 3.22. The fraction of sp³-hybridized carbons (Fsp3) is 0.524. The largest absolute Gasteiger partial charge is 0.493 e. The maximum Gasteiger partial charge on any atom is 0.312 e. The quantitative estimate of drug-likeness (QED) is 0.707. The summed E-state index contributed by atoms with van der Waals surface area (Å²) in [5.41, 5.74) is 0.0295. The second kappa shape index (κ2) is 7.54. The van der Waals surface area contributed by atoms with Crippen LogP contribution in [0.3, 0.4) is 0 Å². The topological polar surface area (TPSA) is 72.2 Å². The fourth-order valence-electron chi connectivity index (χ4n) is 4.39. The van der Waals surface area contributed by atoms with E-state index < -0.39 is 5.41 Å². The van der Waals surface area contributed by atoms with Gasteiger partial charge in [-0.15, -0.1) is 0 Å². The van der Waals surface area contributed by atoms with Crippen LogP contribution in [0, 0.1) is 5.41 Å². The Hall–Kier alpha value is -2.25. The van der Waals surface area contributed by atoms with Crippen LogP contribution in [0.25, 0.3) is 11.0 Å². The minimum Gasteiger partial charge on any atom is -0.493 e. The maximum absolute atomic E-state index is 13.0. The second-order valence-corrected chi connectivity index (χ2v) is 8.64. The van der Waals surface area contributed by atoms with Crippen molar-refractivity contribution in [2.24, 2.45) is 5.41 Å². The number of fused-ring (bicyclic) bond motifs is 1. The summed E-state index contributed by atoms with van der Waals surface area (Å²) in [4.78, 5) is 29.3. The Balaban J connectivity index is 1.47. The predicted octanol–water partition coefficient (Wildman–Crippen LogP) is 3.19. The smallest absolute Gasteiger partial charge is 0.312 e. The van der Waals surface area contributed by atoms with Crippen molar-refractivity contribution in [1.82, 2.24) is 9.80 Å². The van der Waals surface area contributed by atoms with Gasteiger partial charge in [0.25, 0.3) is 5.91 Å². The van der Waals surface area contributed by atoms with Crippen LogP contribution < -0.4 is 4.74 Å². The molecule has 2 saturated heterocycles. The number of ether oxygens (including phenoxy) is 2. The van der Waals surface area contributed by atoms with Crippen molar-refractivity contribution < 1.29 is 23.5 Å². The molecule has 2 aliphatic heterocycles. The molecule has 1 spiro atoms. The molecule has 1 aromatic heterocycles. The molecule has 2 fully saturated rings. The van der Waals surface area contributed by atoms with E-state index in [2.05, 4.69) is 0 Å². The molecule has 8 heteroatoms. The number of esters is 1. The minimum atomic E-state index is -0.470. The zero-order valence-electron chi connectivity index (χ0n) is 16.9. The normalized spacial score (nSPS) is 21.2. The summed E-state index contributed by atoms with van der Waals surface area (Å²) in [7, 11) is 5.47. The SMILES string of the molecule is COc1cc(Cl)cc2cc(C(=O)N3CCC4(CC3)CC(CN(C)C)OC4=O)oc12. The number of hydrogen-bond acceptors (Lipinski definition) is 6. The van der Waals surface area contributed by atoms with Gasteiger partial charge in [0.1, 0.15) is 6.10 Å². The van der Waals surface area contributed by atoms with Crippen molar-refractivity contribution in [2.45, 2.75) is 25.4 Å². The van der Waals surface area contributed by atoms with Gasteiger partial charge in [-0.25, -0.2) is 0 Å². The van der Waals surface area contributed by atoms with Crippen molar-refractivity contribution in [3.8, 4) is 5.75 Å². The molecular weight excluding hydrogens is 396 g/mol. The highest BCUT2D eigenvalue weighted by Gasteiger charge is 2.51. The monoisotopic (exact) mass is 420 g/mol. The van der Waals surface area contributed by atoms with Gasteiger partial charge in [-0.3, -0.25) is 9.59 Å². The Kier molecular flexibility index (Phi) is 5.21. The van der Waals surface area contributed by atoms with Gasteiger partial charge in [0.2, 0.25) is 0 Å². The van der Waals surface area contributed by atoms with E-state index in [0.717, 1.165) is 11.9 Å². The molecule has 1 unspecified atom stereocenters. The third-order valence-corrected chi connectivity index (χ3v) is 6.10. The number of amides is 1. The summed E-state index contributed by atoms with van der Waals surface area (Å²) in [5, 5.41) is 1.23. The number of hydrogen-bond donors (Lipinski definition) is 0. The number of halogens is 1. The number of benzene rings is 1. The van der Waals surface area contributed by atoms with Crippen molar-refractivity contribution in [2.75, 3.05) is 40.8 Å². The molecule has 0 aliphatic carbocycles. The molecule has 2 aliphatic rings. The van der Waals surface area contributed by atoms with E-state index in [4.69, 9.17) is 25.5 Å². The van der Waals surface area contributed by atoms with E-state index in [1.807, 2.05) is 19.0 Å². The van der Waals surface area contributed by atoms with Crippen LogP contribution >= 0.6 is 11.6 Å². The van der Waals surface area contributed by atoms with Gasteiger partial charge >= 0.3 is 5.97 Å². The number of nitrogens with zero attached hydrogens (tertiary/aromatic N) is 2. The van der Waals surface area contributed by atoms with Crippen molar-refractivity contribution in [3.63, 3.8) is 0 Å². The molecule has 0 bridgehead atoms. The molecule has 29 heavy (non-hydrogen) atoms. The molecule has 0 N–H and O–H groups in total. The molecule has 7 nitrogen and oxygen atoms in total. The molecule has 4 rings (SSSR count). The first kappa shape index (κ1) is 20.0. The lowest BCUT2D eigenvalue weighted by molar-refractivity contribution is -0.150. The maximum atomic E-state index is 13.0. The standard InChI is InChI=1S/C21H25ClN2O5/c1-23(2)12-15-11-21(20(26)28-15)4-6-24(7-5-21)19(25)17-9-13-8-14(22)10-16(27-3)18(13)29-17/h8-10,15H,4-7,11-12H2,1-3H3. The van der Waals surface area contributed by atoms with Gasteiger partial charge < -0.3 is 23.7 Å². The Labute approximate surface area is 174 Å². The fourth-order valence-corrected chi connectivity index (χ4v) is 4.61. The molecule has 2 aromatic rings. The van der Waals surface area contributed by atoms with Crippen molar-refractivity contribution in [3.05, 3.63) is 29.0 Å². The first-order valence-electron chi connectivity index (χ1n) is 9.73. The van der Waals surface area contributed by atoms with E-state index in [9.17, 15) is 9.59 Å². The molecular formula is C21H25ClN2O5. The number of piperidine rings is 1. The Morgan fingerprint density at radius 1 is 1.31 bits per heavy atom. The van der Waals surface area contributed by atoms with E-state index in [-0.39, 0.29) is 23.7 Å². The molecule has 1 aromatic carbocycles. The van der Waals surface area contributed by atoms with Crippen LogP contribution in [-0.4, -0.2) is 68.6 Å². The molecule has 3 heterocycles. The highest BCUT2D eigenvalue weighted by Crippen LogP contribution is 2.43. The predicted molar refractivity (Wildman–Crippen MR) is 108 cm³/mol. The number of cyclic esters (lactones) is 1. The first-order valence-corrected chi connectivity index (χ1v) is 10.1. The third kappa shape index (κ3) is 3.69. The van der Waals surface area contributed by atoms with Gasteiger partial charge in [-0.2, -0.15) is 0 Å². The van der Waals surface area contributed by atoms with Gasteiger partial charge in [0.05, 0.1) is 12.5 Å². The lowest BCUT2D eigenvalue weighted by atomic mass is 9.76. The van der Waals surface area contributed by atoms with Crippen LogP contribution in [0.2, 0.25) is 5.02 Å². The minimum absolute atomic E-state index is 0.0765. The molecule has 156 valence electrons. The van der Waals surface area contributed by atoms with Crippen LogP contribution in [0.1, 0.15) is 29.8 Å². The van der Waals surface area contributed by atoms with Crippen LogP contribution in [0.5, 0.6) is 5.75 Å².